The molecule has 4 heteroatoms. The molecule has 4 nitrogen and oxygen atoms in total. The lowest BCUT2D eigenvalue weighted by Gasteiger charge is -2.42. The Balaban J connectivity index is 1.69. The number of piperidine rings is 1. The van der Waals surface area contributed by atoms with Gasteiger partial charge in [-0.2, -0.15) is 0 Å². The van der Waals surface area contributed by atoms with Gasteiger partial charge < -0.3 is 14.7 Å². The van der Waals surface area contributed by atoms with Crippen LogP contribution in [0.25, 0.3) is 0 Å². The average Bonchev–Trinajstić information content (AvgIpc) is 2.38. The number of hydrogen-bond donors (Lipinski definition) is 1. The van der Waals surface area contributed by atoms with Crippen LogP contribution in [0.4, 0.5) is 0 Å². The van der Waals surface area contributed by atoms with Crippen molar-refractivity contribution < 1.29 is 14.6 Å². The predicted octanol–water partition coefficient (Wildman–Crippen LogP) is 2.77. The fourth-order valence-electron chi connectivity index (χ4n) is 3.92. The minimum absolute atomic E-state index is 0.123. The van der Waals surface area contributed by atoms with E-state index in [2.05, 4.69) is 18.7 Å². The summed E-state index contributed by atoms with van der Waals surface area (Å²) in [5.74, 6) is 0.939. The van der Waals surface area contributed by atoms with Gasteiger partial charge in [-0.15, -0.1) is 0 Å². The summed E-state index contributed by atoms with van der Waals surface area (Å²) in [6.07, 6.45) is 6.56. The third-order valence-corrected chi connectivity index (χ3v) is 4.82. The minimum atomic E-state index is -0.771. The van der Waals surface area contributed by atoms with Gasteiger partial charge in [0.2, 0.25) is 0 Å². The van der Waals surface area contributed by atoms with E-state index < -0.39 is 5.97 Å². The molecule has 20 heavy (non-hydrogen) atoms. The highest BCUT2D eigenvalue weighted by Gasteiger charge is 2.30. The van der Waals surface area contributed by atoms with E-state index in [0.717, 1.165) is 43.8 Å². The smallest absolute Gasteiger partial charge is 0.305 e. The Hall–Kier alpha value is -0.610. The Morgan fingerprint density at radius 3 is 2.30 bits per heavy atom. The molecule has 1 heterocycles. The van der Waals surface area contributed by atoms with Crippen molar-refractivity contribution in [2.75, 3.05) is 19.7 Å². The molecular weight excluding hydrogens is 254 g/mol. The largest absolute Gasteiger partial charge is 0.481 e. The van der Waals surface area contributed by atoms with Crippen molar-refractivity contribution in [1.29, 1.82) is 0 Å². The zero-order chi connectivity index (χ0) is 14.5. The summed E-state index contributed by atoms with van der Waals surface area (Å²) in [6.45, 7) is 7.34. The van der Waals surface area contributed by atoms with Crippen LogP contribution >= 0.6 is 0 Å². The summed E-state index contributed by atoms with van der Waals surface area (Å²) < 4.78 is 5.66. The molecule has 2 atom stereocenters. The Morgan fingerprint density at radius 2 is 1.75 bits per heavy atom. The quantitative estimate of drug-likeness (QED) is 0.843. The molecule has 0 aromatic rings. The fraction of sp³-hybridized carbons (Fsp3) is 0.938. The molecule has 2 rings (SSSR count). The number of rotatable bonds is 5. The summed E-state index contributed by atoms with van der Waals surface area (Å²) in [6, 6.07) is 0.758. The Morgan fingerprint density at radius 1 is 1.15 bits per heavy atom. The summed E-state index contributed by atoms with van der Waals surface area (Å²) in [7, 11) is 0. The number of carboxylic acids is 1. The second-order valence-corrected chi connectivity index (χ2v) is 6.82. The molecule has 1 saturated heterocycles. The van der Waals surface area contributed by atoms with E-state index in [4.69, 9.17) is 9.84 Å². The van der Waals surface area contributed by atoms with Crippen molar-refractivity contribution >= 4 is 5.97 Å². The highest BCUT2D eigenvalue weighted by atomic mass is 16.5. The van der Waals surface area contributed by atoms with Gasteiger partial charge in [-0.3, -0.25) is 4.79 Å². The number of likely N-dealkylation sites (tertiary alicyclic amines) is 1. The van der Waals surface area contributed by atoms with Crippen molar-refractivity contribution in [3.8, 4) is 0 Å². The van der Waals surface area contributed by atoms with Gasteiger partial charge in [0.15, 0.2) is 0 Å². The van der Waals surface area contributed by atoms with Crippen molar-refractivity contribution in [2.24, 2.45) is 11.8 Å². The predicted molar refractivity (Wildman–Crippen MR) is 78.8 cm³/mol. The molecule has 1 aliphatic heterocycles. The van der Waals surface area contributed by atoms with E-state index in [1.165, 1.54) is 19.3 Å². The molecule has 0 spiro atoms. The number of nitrogens with zero attached hydrogens (tertiary/aromatic N) is 1. The van der Waals surface area contributed by atoms with E-state index >= 15 is 0 Å². The monoisotopic (exact) mass is 283 g/mol. The standard InChI is InChI=1S/C16H29NO3/c1-12-9-13(2)11-14(10-12)17-6-3-15(4-7-17)20-8-5-16(18)19/h12-15H,3-11H2,1-2H3,(H,18,19). The maximum absolute atomic E-state index is 10.5. The number of carboxylic acid groups (broad SMARTS) is 1. The van der Waals surface area contributed by atoms with Gasteiger partial charge in [0, 0.05) is 19.1 Å². The van der Waals surface area contributed by atoms with Crippen molar-refractivity contribution in [3.63, 3.8) is 0 Å². The second kappa shape index (κ2) is 7.41. The molecule has 116 valence electrons. The van der Waals surface area contributed by atoms with E-state index in [9.17, 15) is 4.79 Å². The normalized spacial score (nSPS) is 33.2. The molecule has 1 aliphatic carbocycles. The summed E-state index contributed by atoms with van der Waals surface area (Å²) >= 11 is 0. The van der Waals surface area contributed by atoms with Gasteiger partial charge in [-0.1, -0.05) is 13.8 Å². The van der Waals surface area contributed by atoms with Gasteiger partial charge in [-0.25, -0.2) is 0 Å². The highest BCUT2D eigenvalue weighted by molar-refractivity contribution is 5.66. The average molecular weight is 283 g/mol. The molecule has 0 aromatic carbocycles. The Labute approximate surface area is 122 Å². The molecule has 0 bridgehead atoms. The third-order valence-electron chi connectivity index (χ3n) is 4.82. The van der Waals surface area contributed by atoms with E-state index in [1.807, 2.05) is 0 Å². The van der Waals surface area contributed by atoms with Crippen LogP contribution in [0.1, 0.15) is 52.4 Å². The van der Waals surface area contributed by atoms with Crippen LogP contribution < -0.4 is 0 Å². The van der Waals surface area contributed by atoms with Crippen molar-refractivity contribution in [3.05, 3.63) is 0 Å². The maximum Gasteiger partial charge on any atom is 0.305 e. The van der Waals surface area contributed by atoms with Gasteiger partial charge in [0.05, 0.1) is 19.1 Å². The molecule has 0 radical (unpaired) electrons. The van der Waals surface area contributed by atoms with Crippen LogP contribution in [0.15, 0.2) is 0 Å². The van der Waals surface area contributed by atoms with Crippen LogP contribution in [-0.2, 0) is 9.53 Å². The molecule has 0 amide bonds. The topological polar surface area (TPSA) is 49.8 Å². The summed E-state index contributed by atoms with van der Waals surface area (Å²) in [5.41, 5.74) is 0. The molecule has 2 fully saturated rings. The van der Waals surface area contributed by atoms with Gasteiger partial charge in [0.25, 0.3) is 0 Å². The lowest BCUT2D eigenvalue weighted by atomic mass is 9.79. The molecule has 1 N–H and O–H groups in total. The zero-order valence-electron chi connectivity index (χ0n) is 12.9. The number of hydrogen-bond acceptors (Lipinski definition) is 3. The van der Waals surface area contributed by atoms with E-state index in [-0.39, 0.29) is 12.5 Å². The third kappa shape index (κ3) is 4.74. The van der Waals surface area contributed by atoms with Crippen LogP contribution in [-0.4, -0.2) is 47.8 Å². The van der Waals surface area contributed by atoms with Crippen LogP contribution in [0.3, 0.4) is 0 Å². The lowest BCUT2D eigenvalue weighted by molar-refractivity contribution is -0.138. The lowest BCUT2D eigenvalue weighted by Crippen LogP contribution is -2.46. The van der Waals surface area contributed by atoms with E-state index in [0.29, 0.717) is 6.61 Å². The van der Waals surface area contributed by atoms with Gasteiger partial charge >= 0.3 is 5.97 Å². The Kier molecular flexibility index (Phi) is 5.85. The Bertz CT molecular complexity index is 303. The van der Waals surface area contributed by atoms with Gasteiger partial charge in [-0.05, 0) is 43.9 Å². The molecular formula is C16H29NO3. The van der Waals surface area contributed by atoms with Gasteiger partial charge in [0.1, 0.15) is 0 Å². The molecule has 2 aliphatic rings. The van der Waals surface area contributed by atoms with Crippen molar-refractivity contribution in [1.82, 2.24) is 4.90 Å². The SMILES string of the molecule is CC1CC(C)CC(N2CCC(OCCC(=O)O)CC2)C1. The molecule has 1 saturated carbocycles. The highest BCUT2D eigenvalue weighted by Crippen LogP contribution is 2.32. The summed E-state index contributed by atoms with van der Waals surface area (Å²) in [4.78, 5) is 13.1. The first kappa shape index (κ1) is 15.8. The number of ether oxygens (including phenoxy) is 1. The fourth-order valence-corrected chi connectivity index (χ4v) is 3.92. The first-order valence-electron chi connectivity index (χ1n) is 8.12. The van der Waals surface area contributed by atoms with Crippen LogP contribution in [0, 0.1) is 11.8 Å². The maximum atomic E-state index is 10.5. The first-order chi connectivity index (χ1) is 9.54. The molecule has 2 unspecified atom stereocenters. The zero-order valence-corrected chi connectivity index (χ0v) is 12.9. The van der Waals surface area contributed by atoms with Crippen molar-refractivity contribution in [2.45, 2.75) is 64.5 Å². The van der Waals surface area contributed by atoms with Crippen LogP contribution in [0.2, 0.25) is 0 Å². The second-order valence-electron chi connectivity index (χ2n) is 6.82. The number of aliphatic carboxylic acids is 1. The van der Waals surface area contributed by atoms with Crippen LogP contribution in [0.5, 0.6) is 0 Å². The number of carbonyl (C=O) groups is 1. The molecule has 0 aromatic heterocycles. The minimum Gasteiger partial charge on any atom is -0.481 e. The summed E-state index contributed by atoms with van der Waals surface area (Å²) in [5, 5.41) is 8.62. The van der Waals surface area contributed by atoms with E-state index in [1.54, 1.807) is 0 Å². The first-order valence-corrected chi connectivity index (χ1v) is 8.12.